The van der Waals surface area contributed by atoms with Crippen molar-refractivity contribution in [2.45, 2.75) is 19.6 Å². The molecule has 162 valence electrons. The zero-order valence-corrected chi connectivity index (χ0v) is 18.5. The summed E-state index contributed by atoms with van der Waals surface area (Å²) in [6.45, 7) is 7.93. The fraction of sp³-hybridized carbons (Fsp3) is 0.435. The molecular formula is C23H30N2O4S. The van der Waals surface area contributed by atoms with E-state index >= 15 is 0 Å². The number of nitrogens with one attached hydrogen (secondary N) is 1. The van der Waals surface area contributed by atoms with Crippen LogP contribution in [0, 0.1) is 0 Å². The predicted molar refractivity (Wildman–Crippen MR) is 123 cm³/mol. The number of morpholine rings is 1. The van der Waals surface area contributed by atoms with Gasteiger partial charge in [0, 0.05) is 31.0 Å². The lowest BCUT2D eigenvalue weighted by atomic mass is 10.2. The van der Waals surface area contributed by atoms with E-state index in [9.17, 15) is 4.79 Å². The monoisotopic (exact) mass is 430 g/mol. The third-order valence-electron chi connectivity index (χ3n) is 4.63. The molecule has 0 aromatic heterocycles. The van der Waals surface area contributed by atoms with E-state index in [-0.39, 0.29) is 5.91 Å². The Hall–Kier alpha value is -2.38. The second-order valence-electron chi connectivity index (χ2n) is 6.81. The van der Waals surface area contributed by atoms with Crippen LogP contribution in [0.15, 0.2) is 42.5 Å². The van der Waals surface area contributed by atoms with Crippen LogP contribution in [-0.2, 0) is 15.3 Å². The predicted octanol–water partition coefficient (Wildman–Crippen LogP) is 4.19. The maximum atomic E-state index is 12.6. The first kappa shape index (κ1) is 22.3. The zero-order valence-electron chi connectivity index (χ0n) is 17.7. The first-order chi connectivity index (χ1) is 14.7. The van der Waals surface area contributed by atoms with Gasteiger partial charge in [0.1, 0.15) is 11.5 Å². The lowest BCUT2D eigenvalue weighted by Gasteiger charge is -2.31. The fourth-order valence-corrected chi connectivity index (χ4v) is 4.05. The molecule has 0 unspecified atom stereocenters. The molecule has 6 nitrogen and oxygen atoms in total. The number of nitrogens with zero attached hydrogens (tertiary/aromatic N) is 1. The number of amides is 1. The second-order valence-corrected chi connectivity index (χ2v) is 7.79. The molecule has 1 amide bonds. The van der Waals surface area contributed by atoms with E-state index in [2.05, 4.69) is 22.3 Å². The average molecular weight is 431 g/mol. The molecule has 1 N–H and O–H groups in total. The van der Waals surface area contributed by atoms with Crippen LogP contribution in [0.5, 0.6) is 11.5 Å². The highest BCUT2D eigenvalue weighted by atomic mass is 32.2. The van der Waals surface area contributed by atoms with E-state index in [0.29, 0.717) is 43.6 Å². The van der Waals surface area contributed by atoms with E-state index in [0.717, 1.165) is 30.3 Å². The highest BCUT2D eigenvalue weighted by molar-refractivity contribution is 7.99. The van der Waals surface area contributed by atoms with Gasteiger partial charge >= 0.3 is 0 Å². The van der Waals surface area contributed by atoms with E-state index in [1.165, 1.54) is 5.56 Å². The van der Waals surface area contributed by atoms with E-state index in [4.69, 9.17) is 14.2 Å². The maximum Gasteiger partial charge on any atom is 0.234 e. The van der Waals surface area contributed by atoms with Gasteiger partial charge < -0.3 is 24.4 Å². The number of anilines is 2. The molecule has 30 heavy (non-hydrogen) atoms. The third kappa shape index (κ3) is 6.31. The van der Waals surface area contributed by atoms with Crippen molar-refractivity contribution in [1.82, 2.24) is 0 Å². The third-order valence-corrected chi connectivity index (χ3v) is 5.64. The Labute approximate surface area is 182 Å². The summed E-state index contributed by atoms with van der Waals surface area (Å²) in [6.07, 6.45) is 0. The van der Waals surface area contributed by atoms with Gasteiger partial charge in [-0.15, -0.1) is 11.8 Å². The Bertz CT molecular complexity index is 810. The number of thioether (sulfide) groups is 1. The first-order valence-electron chi connectivity index (χ1n) is 10.4. The minimum absolute atomic E-state index is 0.0570. The van der Waals surface area contributed by atoms with Crippen molar-refractivity contribution in [2.24, 2.45) is 0 Å². The molecule has 2 aromatic carbocycles. The van der Waals surface area contributed by atoms with Gasteiger partial charge in [-0.3, -0.25) is 4.79 Å². The molecule has 3 rings (SSSR count). The first-order valence-corrected chi connectivity index (χ1v) is 11.5. The molecule has 1 heterocycles. The molecule has 0 spiro atoms. The van der Waals surface area contributed by atoms with Crippen LogP contribution >= 0.6 is 11.8 Å². The lowest BCUT2D eigenvalue weighted by molar-refractivity contribution is -0.113. The smallest absolute Gasteiger partial charge is 0.234 e. The van der Waals surface area contributed by atoms with Gasteiger partial charge in [0.05, 0.1) is 43.6 Å². The van der Waals surface area contributed by atoms with Crippen LogP contribution in [0.25, 0.3) is 0 Å². The van der Waals surface area contributed by atoms with Crippen LogP contribution in [0.4, 0.5) is 11.4 Å². The quantitative estimate of drug-likeness (QED) is 0.610. The Morgan fingerprint density at radius 1 is 1.07 bits per heavy atom. The summed E-state index contributed by atoms with van der Waals surface area (Å²) < 4.78 is 17.2. The second kappa shape index (κ2) is 11.7. The number of hydrogen-bond acceptors (Lipinski definition) is 6. The molecule has 0 saturated carbocycles. The normalized spacial score (nSPS) is 13.7. The van der Waals surface area contributed by atoms with Gasteiger partial charge in [-0.1, -0.05) is 30.3 Å². The van der Waals surface area contributed by atoms with E-state index in [1.54, 1.807) is 11.8 Å². The van der Waals surface area contributed by atoms with Gasteiger partial charge in [-0.2, -0.15) is 0 Å². The zero-order chi connectivity index (χ0) is 21.2. The van der Waals surface area contributed by atoms with Crippen molar-refractivity contribution in [1.29, 1.82) is 0 Å². The van der Waals surface area contributed by atoms with E-state index in [1.807, 2.05) is 44.2 Å². The summed E-state index contributed by atoms with van der Waals surface area (Å²) >= 11 is 1.59. The number of benzene rings is 2. The Kier molecular flexibility index (Phi) is 8.71. The van der Waals surface area contributed by atoms with Crippen LogP contribution < -0.4 is 19.7 Å². The van der Waals surface area contributed by atoms with Gasteiger partial charge in [-0.05, 0) is 19.4 Å². The molecule has 0 atom stereocenters. The molecule has 1 saturated heterocycles. The van der Waals surface area contributed by atoms with Crippen LogP contribution in [-0.4, -0.2) is 51.2 Å². The number of carbonyl (C=O) groups excluding carboxylic acids is 1. The summed E-state index contributed by atoms with van der Waals surface area (Å²) in [5.41, 5.74) is 2.82. The average Bonchev–Trinajstić information content (AvgIpc) is 2.77. The lowest BCUT2D eigenvalue weighted by Crippen LogP contribution is -2.36. The van der Waals surface area contributed by atoms with E-state index < -0.39 is 0 Å². The standard InChI is InChI=1S/C23H30N2O4S/c1-3-28-21-15-20(25-10-12-27-13-11-25)22(29-4-2)14-19(21)24-23(26)17-30-16-18-8-6-5-7-9-18/h5-9,14-15H,3-4,10-13,16-17H2,1-2H3,(H,24,26). The molecule has 0 aliphatic carbocycles. The molecule has 1 aliphatic heterocycles. The summed E-state index contributed by atoms with van der Waals surface area (Å²) in [5.74, 6) is 2.51. The van der Waals surface area contributed by atoms with Crippen molar-refractivity contribution in [3.05, 3.63) is 48.0 Å². The number of ether oxygens (including phenoxy) is 3. The molecule has 2 aromatic rings. The summed E-state index contributed by atoms with van der Waals surface area (Å²) in [4.78, 5) is 14.8. The molecule has 1 fully saturated rings. The Balaban J connectivity index is 1.71. The molecule has 0 bridgehead atoms. The highest BCUT2D eigenvalue weighted by Gasteiger charge is 2.20. The van der Waals surface area contributed by atoms with Crippen molar-refractivity contribution < 1.29 is 19.0 Å². The highest BCUT2D eigenvalue weighted by Crippen LogP contribution is 2.39. The summed E-state index contributed by atoms with van der Waals surface area (Å²) in [7, 11) is 0. The number of rotatable bonds is 10. The van der Waals surface area contributed by atoms with Crippen molar-refractivity contribution >= 4 is 29.0 Å². The maximum absolute atomic E-state index is 12.6. The topological polar surface area (TPSA) is 60.0 Å². The van der Waals surface area contributed by atoms with Gasteiger partial charge in [-0.25, -0.2) is 0 Å². The van der Waals surface area contributed by atoms with Crippen LogP contribution in [0.3, 0.4) is 0 Å². The Morgan fingerprint density at radius 2 is 1.77 bits per heavy atom. The number of carbonyl (C=O) groups is 1. The van der Waals surface area contributed by atoms with Crippen molar-refractivity contribution in [3.8, 4) is 11.5 Å². The minimum Gasteiger partial charge on any atom is -0.492 e. The minimum atomic E-state index is -0.0570. The largest absolute Gasteiger partial charge is 0.492 e. The van der Waals surface area contributed by atoms with Gasteiger partial charge in [0.2, 0.25) is 5.91 Å². The van der Waals surface area contributed by atoms with Crippen LogP contribution in [0.2, 0.25) is 0 Å². The molecule has 7 heteroatoms. The van der Waals surface area contributed by atoms with Gasteiger partial charge in [0.25, 0.3) is 0 Å². The number of hydrogen-bond donors (Lipinski definition) is 1. The van der Waals surface area contributed by atoms with Crippen molar-refractivity contribution in [2.75, 3.05) is 55.5 Å². The summed E-state index contributed by atoms with van der Waals surface area (Å²) in [6, 6.07) is 14.0. The van der Waals surface area contributed by atoms with Crippen LogP contribution in [0.1, 0.15) is 19.4 Å². The Morgan fingerprint density at radius 3 is 2.47 bits per heavy atom. The molecule has 1 aliphatic rings. The fourth-order valence-electron chi connectivity index (χ4n) is 3.27. The molecule has 0 radical (unpaired) electrons. The van der Waals surface area contributed by atoms with Crippen molar-refractivity contribution in [3.63, 3.8) is 0 Å². The van der Waals surface area contributed by atoms with Gasteiger partial charge in [0.15, 0.2) is 0 Å². The SMILES string of the molecule is CCOc1cc(N2CCOCC2)c(OCC)cc1NC(=O)CSCc1ccccc1. The molecular weight excluding hydrogens is 400 g/mol. The summed E-state index contributed by atoms with van der Waals surface area (Å²) in [5, 5.41) is 3.00.